The fourth-order valence-electron chi connectivity index (χ4n) is 3.91. The number of rotatable bonds is 7. The SMILES string of the molecule is CCC(CC(=O)Nc1ccccc1N1CCC(C(N)=O)CC1)c1ccccc1. The van der Waals surface area contributed by atoms with E-state index in [9.17, 15) is 9.59 Å². The molecule has 3 N–H and O–H groups in total. The minimum atomic E-state index is -0.215. The van der Waals surface area contributed by atoms with Gasteiger partial charge in [0.05, 0.1) is 11.4 Å². The molecular formula is C23H29N3O2. The molecule has 0 aliphatic carbocycles. The number of hydrogen-bond donors (Lipinski definition) is 2. The molecular weight excluding hydrogens is 350 g/mol. The standard InChI is InChI=1S/C23H29N3O2/c1-2-17(18-8-4-3-5-9-18)16-22(27)25-20-10-6-7-11-21(20)26-14-12-19(13-15-26)23(24)28/h3-11,17,19H,2,12-16H2,1H3,(H2,24,28)(H,25,27). The molecule has 1 aliphatic rings. The Labute approximate surface area is 166 Å². The molecule has 0 saturated carbocycles. The first kappa shape index (κ1) is 19.9. The summed E-state index contributed by atoms with van der Waals surface area (Å²) in [4.78, 5) is 26.4. The number of carbonyl (C=O) groups is 2. The Kier molecular flexibility index (Phi) is 6.69. The molecule has 148 valence electrons. The molecule has 1 saturated heterocycles. The van der Waals surface area contributed by atoms with Crippen LogP contribution in [0.4, 0.5) is 11.4 Å². The maximum absolute atomic E-state index is 12.7. The number of benzene rings is 2. The Morgan fingerprint density at radius 2 is 1.71 bits per heavy atom. The zero-order valence-electron chi connectivity index (χ0n) is 16.4. The van der Waals surface area contributed by atoms with E-state index in [1.54, 1.807) is 0 Å². The Morgan fingerprint density at radius 1 is 1.07 bits per heavy atom. The number of carbonyl (C=O) groups excluding carboxylic acids is 2. The highest BCUT2D eigenvalue weighted by Gasteiger charge is 2.24. The average Bonchev–Trinajstić information content (AvgIpc) is 2.73. The van der Waals surface area contributed by atoms with Crippen LogP contribution in [0.2, 0.25) is 0 Å². The Bertz CT molecular complexity index is 799. The minimum Gasteiger partial charge on any atom is -0.370 e. The zero-order chi connectivity index (χ0) is 19.9. The van der Waals surface area contributed by atoms with Crippen LogP contribution in [0.15, 0.2) is 54.6 Å². The van der Waals surface area contributed by atoms with Gasteiger partial charge < -0.3 is 16.0 Å². The molecule has 2 aromatic rings. The van der Waals surface area contributed by atoms with Crippen LogP contribution in [0, 0.1) is 5.92 Å². The molecule has 5 heteroatoms. The number of primary amides is 1. The highest BCUT2D eigenvalue weighted by molar-refractivity contribution is 5.94. The van der Waals surface area contributed by atoms with Gasteiger partial charge in [0.1, 0.15) is 0 Å². The van der Waals surface area contributed by atoms with E-state index in [4.69, 9.17) is 5.73 Å². The second-order valence-corrected chi connectivity index (χ2v) is 7.45. The van der Waals surface area contributed by atoms with Crippen LogP contribution in [0.3, 0.4) is 0 Å². The molecule has 1 fully saturated rings. The topological polar surface area (TPSA) is 75.4 Å². The van der Waals surface area contributed by atoms with Crippen LogP contribution in [0.1, 0.15) is 44.1 Å². The first-order chi connectivity index (χ1) is 13.6. The van der Waals surface area contributed by atoms with Crippen LogP contribution >= 0.6 is 0 Å². The lowest BCUT2D eigenvalue weighted by atomic mass is 9.93. The molecule has 28 heavy (non-hydrogen) atoms. The third-order valence-electron chi connectivity index (χ3n) is 5.61. The van der Waals surface area contributed by atoms with Crippen LogP contribution < -0.4 is 16.0 Å². The number of para-hydroxylation sites is 2. The average molecular weight is 380 g/mol. The number of nitrogens with zero attached hydrogens (tertiary/aromatic N) is 1. The lowest BCUT2D eigenvalue weighted by molar-refractivity contribution is -0.122. The van der Waals surface area contributed by atoms with Crippen molar-refractivity contribution in [3.8, 4) is 0 Å². The van der Waals surface area contributed by atoms with Gasteiger partial charge in [-0.05, 0) is 42.9 Å². The largest absolute Gasteiger partial charge is 0.370 e. The van der Waals surface area contributed by atoms with Gasteiger partial charge in [-0.3, -0.25) is 9.59 Å². The maximum Gasteiger partial charge on any atom is 0.225 e. The van der Waals surface area contributed by atoms with Gasteiger partial charge in [-0.25, -0.2) is 0 Å². The summed E-state index contributed by atoms with van der Waals surface area (Å²) in [6.45, 7) is 3.64. The number of piperidine rings is 1. The number of amides is 2. The van der Waals surface area contributed by atoms with Gasteiger partial charge >= 0.3 is 0 Å². The molecule has 5 nitrogen and oxygen atoms in total. The van der Waals surface area contributed by atoms with Gasteiger partial charge in [0.2, 0.25) is 11.8 Å². The van der Waals surface area contributed by atoms with Crippen molar-refractivity contribution in [3.05, 3.63) is 60.2 Å². The second-order valence-electron chi connectivity index (χ2n) is 7.45. The van der Waals surface area contributed by atoms with Gasteiger partial charge in [-0.15, -0.1) is 0 Å². The lowest BCUT2D eigenvalue weighted by Crippen LogP contribution is -2.38. The molecule has 2 amide bonds. The Balaban J connectivity index is 1.66. The van der Waals surface area contributed by atoms with Gasteiger partial charge in [-0.2, -0.15) is 0 Å². The second kappa shape index (κ2) is 9.40. The van der Waals surface area contributed by atoms with Gasteiger partial charge in [0.25, 0.3) is 0 Å². The Morgan fingerprint density at radius 3 is 2.36 bits per heavy atom. The third kappa shape index (κ3) is 4.91. The first-order valence-corrected chi connectivity index (χ1v) is 10.1. The molecule has 0 bridgehead atoms. The molecule has 1 unspecified atom stereocenters. The predicted octanol–water partition coefficient (Wildman–Crippen LogP) is 3.91. The molecule has 3 rings (SSSR count). The molecule has 0 spiro atoms. The van der Waals surface area contributed by atoms with Crippen LogP contribution in [-0.4, -0.2) is 24.9 Å². The Hall–Kier alpha value is -2.82. The fourth-order valence-corrected chi connectivity index (χ4v) is 3.91. The summed E-state index contributed by atoms with van der Waals surface area (Å²) >= 11 is 0. The number of nitrogens with two attached hydrogens (primary N) is 1. The van der Waals surface area contributed by atoms with Crippen molar-refractivity contribution in [2.24, 2.45) is 11.7 Å². The van der Waals surface area contributed by atoms with E-state index in [0.717, 1.165) is 43.7 Å². The summed E-state index contributed by atoms with van der Waals surface area (Å²) in [6, 6.07) is 18.1. The zero-order valence-corrected chi connectivity index (χ0v) is 16.4. The highest BCUT2D eigenvalue weighted by atomic mass is 16.2. The summed E-state index contributed by atoms with van der Waals surface area (Å²) in [6.07, 6.45) is 2.88. The lowest BCUT2D eigenvalue weighted by Gasteiger charge is -2.33. The van der Waals surface area contributed by atoms with Crippen LogP contribution in [0.5, 0.6) is 0 Å². The molecule has 2 aromatic carbocycles. The van der Waals surface area contributed by atoms with Crippen molar-refractivity contribution in [3.63, 3.8) is 0 Å². The maximum atomic E-state index is 12.7. The van der Waals surface area contributed by atoms with E-state index in [-0.39, 0.29) is 23.7 Å². The van der Waals surface area contributed by atoms with E-state index < -0.39 is 0 Å². The molecule has 1 aliphatic heterocycles. The summed E-state index contributed by atoms with van der Waals surface area (Å²) in [7, 11) is 0. The smallest absolute Gasteiger partial charge is 0.225 e. The summed E-state index contributed by atoms with van der Waals surface area (Å²) in [5, 5.41) is 3.10. The molecule has 1 atom stereocenters. The van der Waals surface area contributed by atoms with Crippen molar-refractivity contribution in [2.75, 3.05) is 23.3 Å². The van der Waals surface area contributed by atoms with Crippen molar-refractivity contribution >= 4 is 23.2 Å². The van der Waals surface area contributed by atoms with Crippen molar-refractivity contribution in [1.82, 2.24) is 0 Å². The van der Waals surface area contributed by atoms with Crippen molar-refractivity contribution in [2.45, 2.75) is 38.5 Å². The molecule has 0 aromatic heterocycles. The fraction of sp³-hybridized carbons (Fsp3) is 0.391. The van der Waals surface area contributed by atoms with Crippen molar-refractivity contribution in [1.29, 1.82) is 0 Å². The van der Waals surface area contributed by atoms with Gasteiger partial charge in [-0.1, -0.05) is 49.4 Å². The normalized spacial score (nSPS) is 15.8. The van der Waals surface area contributed by atoms with E-state index in [1.807, 2.05) is 42.5 Å². The van der Waals surface area contributed by atoms with Crippen LogP contribution in [0.25, 0.3) is 0 Å². The third-order valence-corrected chi connectivity index (χ3v) is 5.61. The number of nitrogens with one attached hydrogen (secondary N) is 1. The van der Waals surface area contributed by atoms with Gasteiger partial charge in [0, 0.05) is 25.4 Å². The summed E-state index contributed by atoms with van der Waals surface area (Å²) in [5.74, 6) is -0.0307. The molecule has 0 radical (unpaired) electrons. The minimum absolute atomic E-state index is 0.0233. The summed E-state index contributed by atoms with van der Waals surface area (Å²) < 4.78 is 0. The molecule has 1 heterocycles. The summed E-state index contributed by atoms with van der Waals surface area (Å²) in [5.41, 5.74) is 8.47. The predicted molar refractivity (Wildman–Crippen MR) is 113 cm³/mol. The number of anilines is 2. The monoisotopic (exact) mass is 379 g/mol. The van der Waals surface area contributed by atoms with Crippen LogP contribution in [-0.2, 0) is 9.59 Å². The van der Waals surface area contributed by atoms with Crippen molar-refractivity contribution < 1.29 is 9.59 Å². The van der Waals surface area contributed by atoms with E-state index >= 15 is 0 Å². The van der Waals surface area contributed by atoms with Gasteiger partial charge in [0.15, 0.2) is 0 Å². The number of hydrogen-bond acceptors (Lipinski definition) is 3. The first-order valence-electron chi connectivity index (χ1n) is 10.1. The van der Waals surface area contributed by atoms with E-state index in [0.29, 0.717) is 6.42 Å². The quantitative estimate of drug-likeness (QED) is 0.766. The van der Waals surface area contributed by atoms with E-state index in [1.165, 1.54) is 5.56 Å². The van der Waals surface area contributed by atoms with E-state index in [2.05, 4.69) is 29.3 Å². The highest BCUT2D eigenvalue weighted by Crippen LogP contribution is 2.31.